The molecule has 0 aliphatic heterocycles. The van der Waals surface area contributed by atoms with Crippen molar-refractivity contribution < 1.29 is 4.74 Å². The summed E-state index contributed by atoms with van der Waals surface area (Å²) >= 11 is 0. The molecule has 130 valence electrons. The predicted octanol–water partition coefficient (Wildman–Crippen LogP) is 2.42. The van der Waals surface area contributed by atoms with Crippen molar-refractivity contribution in [3.63, 3.8) is 0 Å². The van der Waals surface area contributed by atoms with Crippen LogP contribution in [0.3, 0.4) is 0 Å². The summed E-state index contributed by atoms with van der Waals surface area (Å²) in [5.74, 6) is 2.39. The molecular formula is C18H27N5O. The SMILES string of the molecule is COc1cccc(CCNc2nc(C)cc(NCCN(C)C)n2)c1. The van der Waals surface area contributed by atoms with Gasteiger partial charge in [0.2, 0.25) is 5.95 Å². The number of ether oxygens (including phenoxy) is 1. The Hall–Kier alpha value is -2.34. The first kappa shape index (κ1) is 18.0. The van der Waals surface area contributed by atoms with Gasteiger partial charge in [-0.2, -0.15) is 4.98 Å². The second kappa shape index (κ2) is 9.08. The van der Waals surface area contributed by atoms with Crippen LogP contribution in [0.5, 0.6) is 5.75 Å². The van der Waals surface area contributed by atoms with Crippen LogP contribution in [0, 0.1) is 6.92 Å². The standard InChI is InChI=1S/C18H27N5O/c1-14-12-17(19-10-11-23(2)3)22-18(21-14)20-9-8-15-6-5-7-16(13-15)24-4/h5-7,12-13H,8-11H2,1-4H3,(H2,19,20,21,22). The number of aromatic nitrogens is 2. The smallest absolute Gasteiger partial charge is 0.224 e. The van der Waals surface area contributed by atoms with Gasteiger partial charge in [0, 0.05) is 31.4 Å². The first-order valence-electron chi connectivity index (χ1n) is 8.18. The molecule has 0 saturated carbocycles. The van der Waals surface area contributed by atoms with Crippen LogP contribution < -0.4 is 15.4 Å². The maximum Gasteiger partial charge on any atom is 0.224 e. The van der Waals surface area contributed by atoms with Crippen LogP contribution in [0.15, 0.2) is 30.3 Å². The highest BCUT2D eigenvalue weighted by atomic mass is 16.5. The highest BCUT2D eigenvalue weighted by Crippen LogP contribution is 2.13. The summed E-state index contributed by atoms with van der Waals surface area (Å²) in [5.41, 5.74) is 2.17. The Balaban J connectivity index is 1.88. The quantitative estimate of drug-likeness (QED) is 0.737. The van der Waals surface area contributed by atoms with Crippen LogP contribution in [-0.4, -0.2) is 55.7 Å². The van der Waals surface area contributed by atoms with E-state index in [-0.39, 0.29) is 0 Å². The lowest BCUT2D eigenvalue weighted by Gasteiger charge is -2.12. The van der Waals surface area contributed by atoms with Crippen molar-refractivity contribution in [2.75, 3.05) is 51.5 Å². The van der Waals surface area contributed by atoms with Crippen LogP contribution in [0.25, 0.3) is 0 Å². The lowest BCUT2D eigenvalue weighted by molar-refractivity contribution is 0.414. The molecule has 0 fully saturated rings. The van der Waals surface area contributed by atoms with Gasteiger partial charge in [-0.05, 0) is 45.1 Å². The number of methoxy groups -OCH3 is 1. The van der Waals surface area contributed by atoms with Gasteiger partial charge in [0.05, 0.1) is 7.11 Å². The molecule has 0 aliphatic carbocycles. The summed E-state index contributed by atoms with van der Waals surface area (Å²) in [6.07, 6.45) is 0.887. The third-order valence-corrected chi connectivity index (χ3v) is 3.55. The van der Waals surface area contributed by atoms with Gasteiger partial charge in [0.15, 0.2) is 0 Å². The average molecular weight is 329 g/mol. The fraction of sp³-hybridized carbons (Fsp3) is 0.444. The van der Waals surface area contributed by atoms with E-state index in [2.05, 4.69) is 45.7 Å². The lowest BCUT2D eigenvalue weighted by Crippen LogP contribution is -2.21. The molecule has 2 rings (SSSR count). The Kier molecular flexibility index (Phi) is 6.81. The molecule has 0 atom stereocenters. The summed E-state index contributed by atoms with van der Waals surface area (Å²) in [6.45, 7) is 4.56. The average Bonchev–Trinajstić information content (AvgIpc) is 2.54. The van der Waals surface area contributed by atoms with E-state index in [1.165, 1.54) is 5.56 Å². The van der Waals surface area contributed by atoms with Crippen molar-refractivity contribution in [3.8, 4) is 5.75 Å². The monoisotopic (exact) mass is 329 g/mol. The molecule has 0 saturated heterocycles. The van der Waals surface area contributed by atoms with Crippen LogP contribution in [0.4, 0.5) is 11.8 Å². The summed E-state index contributed by atoms with van der Waals surface area (Å²) in [7, 11) is 5.79. The molecule has 1 aromatic carbocycles. The largest absolute Gasteiger partial charge is 0.497 e. The molecule has 0 amide bonds. The first-order valence-corrected chi connectivity index (χ1v) is 8.18. The van der Waals surface area contributed by atoms with E-state index >= 15 is 0 Å². The van der Waals surface area contributed by atoms with E-state index in [0.717, 1.165) is 43.3 Å². The molecule has 0 unspecified atom stereocenters. The Morgan fingerprint density at radius 3 is 2.67 bits per heavy atom. The minimum atomic E-state index is 0.658. The number of likely N-dealkylation sites (N-methyl/N-ethyl adjacent to an activating group) is 1. The number of hydrogen-bond acceptors (Lipinski definition) is 6. The van der Waals surface area contributed by atoms with Crippen LogP contribution in [0.1, 0.15) is 11.3 Å². The summed E-state index contributed by atoms with van der Waals surface area (Å²) in [6, 6.07) is 10.1. The predicted molar refractivity (Wildman–Crippen MR) is 99.0 cm³/mol. The van der Waals surface area contributed by atoms with Crippen molar-refractivity contribution >= 4 is 11.8 Å². The molecule has 0 aliphatic rings. The maximum absolute atomic E-state index is 5.25. The molecule has 1 aromatic heterocycles. The third-order valence-electron chi connectivity index (χ3n) is 3.55. The molecule has 0 radical (unpaired) electrons. The van der Waals surface area contributed by atoms with Crippen molar-refractivity contribution in [3.05, 3.63) is 41.6 Å². The Labute approximate surface area is 144 Å². The van der Waals surface area contributed by atoms with Crippen LogP contribution in [0.2, 0.25) is 0 Å². The van der Waals surface area contributed by atoms with Crippen molar-refractivity contribution in [1.29, 1.82) is 0 Å². The number of rotatable bonds is 9. The van der Waals surface area contributed by atoms with Gasteiger partial charge >= 0.3 is 0 Å². The molecule has 6 heteroatoms. The number of hydrogen-bond donors (Lipinski definition) is 2. The van der Waals surface area contributed by atoms with Gasteiger partial charge < -0.3 is 20.3 Å². The third kappa shape index (κ3) is 6.04. The molecule has 1 heterocycles. The van der Waals surface area contributed by atoms with E-state index in [1.54, 1.807) is 7.11 Å². The van der Waals surface area contributed by atoms with Crippen LogP contribution in [-0.2, 0) is 6.42 Å². The summed E-state index contributed by atoms with van der Waals surface area (Å²) in [4.78, 5) is 11.1. The summed E-state index contributed by atoms with van der Waals surface area (Å²) in [5, 5.41) is 6.63. The lowest BCUT2D eigenvalue weighted by atomic mass is 10.1. The maximum atomic E-state index is 5.25. The topological polar surface area (TPSA) is 62.3 Å². The molecule has 2 aromatic rings. The normalized spacial score (nSPS) is 10.7. The number of nitrogens with one attached hydrogen (secondary N) is 2. The van der Waals surface area contributed by atoms with Crippen molar-refractivity contribution in [2.24, 2.45) is 0 Å². The van der Waals surface area contributed by atoms with E-state index in [4.69, 9.17) is 4.74 Å². The first-order chi connectivity index (χ1) is 11.6. The summed E-state index contributed by atoms with van der Waals surface area (Å²) < 4.78 is 5.25. The highest BCUT2D eigenvalue weighted by molar-refractivity contribution is 5.42. The fourth-order valence-electron chi connectivity index (χ4n) is 2.29. The molecule has 24 heavy (non-hydrogen) atoms. The Morgan fingerprint density at radius 1 is 1.08 bits per heavy atom. The number of anilines is 2. The molecule has 6 nitrogen and oxygen atoms in total. The van der Waals surface area contributed by atoms with Crippen molar-refractivity contribution in [2.45, 2.75) is 13.3 Å². The van der Waals surface area contributed by atoms with E-state index in [0.29, 0.717) is 5.95 Å². The highest BCUT2D eigenvalue weighted by Gasteiger charge is 2.03. The number of nitrogens with zero attached hydrogens (tertiary/aromatic N) is 3. The molecule has 0 spiro atoms. The van der Waals surface area contributed by atoms with Gasteiger partial charge in [-0.3, -0.25) is 0 Å². The zero-order valence-electron chi connectivity index (χ0n) is 15.0. The molecule has 0 bridgehead atoms. The van der Waals surface area contributed by atoms with E-state index < -0.39 is 0 Å². The Bertz CT molecular complexity index is 645. The second-order valence-corrected chi connectivity index (χ2v) is 5.98. The van der Waals surface area contributed by atoms with Gasteiger partial charge in [0.1, 0.15) is 11.6 Å². The zero-order chi connectivity index (χ0) is 17.4. The van der Waals surface area contributed by atoms with Crippen molar-refractivity contribution in [1.82, 2.24) is 14.9 Å². The Morgan fingerprint density at radius 2 is 1.92 bits per heavy atom. The number of benzene rings is 1. The minimum Gasteiger partial charge on any atom is -0.497 e. The zero-order valence-corrected chi connectivity index (χ0v) is 15.0. The van der Waals surface area contributed by atoms with Gasteiger partial charge in [-0.15, -0.1) is 0 Å². The van der Waals surface area contributed by atoms with Crippen LogP contribution >= 0.6 is 0 Å². The fourth-order valence-corrected chi connectivity index (χ4v) is 2.29. The van der Waals surface area contributed by atoms with Gasteiger partial charge in [-0.25, -0.2) is 4.98 Å². The molecular weight excluding hydrogens is 302 g/mol. The van der Waals surface area contributed by atoms with Gasteiger partial charge in [-0.1, -0.05) is 12.1 Å². The van der Waals surface area contributed by atoms with E-state index in [1.807, 2.05) is 31.2 Å². The molecule has 2 N–H and O–H groups in total. The minimum absolute atomic E-state index is 0.658. The van der Waals surface area contributed by atoms with E-state index in [9.17, 15) is 0 Å². The second-order valence-electron chi connectivity index (χ2n) is 5.98. The number of aryl methyl sites for hydroxylation is 1. The van der Waals surface area contributed by atoms with Gasteiger partial charge in [0.25, 0.3) is 0 Å².